The third kappa shape index (κ3) is 3.81. The lowest BCUT2D eigenvalue weighted by Crippen LogP contribution is -2.41. The van der Waals surface area contributed by atoms with Crippen LogP contribution in [0.3, 0.4) is 0 Å². The smallest absolute Gasteiger partial charge is 0.239 e. The third-order valence-corrected chi connectivity index (χ3v) is 4.79. The van der Waals surface area contributed by atoms with Gasteiger partial charge in [-0.25, -0.2) is 9.97 Å². The second-order valence-electron chi connectivity index (χ2n) is 5.76. The number of morpholine rings is 1. The summed E-state index contributed by atoms with van der Waals surface area (Å²) in [7, 11) is 0. The Morgan fingerprint density at radius 1 is 1.28 bits per heavy atom. The molecule has 1 aliphatic rings. The van der Waals surface area contributed by atoms with Crippen molar-refractivity contribution in [3.63, 3.8) is 0 Å². The van der Waals surface area contributed by atoms with Crippen molar-refractivity contribution >= 4 is 34.0 Å². The topological polar surface area (TPSA) is 80.2 Å². The van der Waals surface area contributed by atoms with Gasteiger partial charge in [0.2, 0.25) is 5.91 Å². The number of amides is 1. The summed E-state index contributed by atoms with van der Waals surface area (Å²) in [4.78, 5) is 28.3. The third-order valence-electron chi connectivity index (χ3n) is 4.00. The maximum absolute atomic E-state index is 12.2. The van der Waals surface area contributed by atoms with E-state index in [0.717, 1.165) is 34.6 Å². The number of hydrogen-bond donors (Lipinski definition) is 1. The van der Waals surface area contributed by atoms with Gasteiger partial charge < -0.3 is 10.1 Å². The van der Waals surface area contributed by atoms with Crippen LogP contribution in [0.4, 0.5) is 5.82 Å². The minimum atomic E-state index is -0.0765. The van der Waals surface area contributed by atoms with Gasteiger partial charge in [-0.1, -0.05) is 0 Å². The molecular formula is C17H17N5O2S. The Hall–Kier alpha value is -2.42. The zero-order chi connectivity index (χ0) is 17.1. The van der Waals surface area contributed by atoms with Crippen LogP contribution in [0, 0.1) is 0 Å². The minimum absolute atomic E-state index is 0.0765. The normalized spacial score (nSPS) is 15.4. The molecule has 128 valence electrons. The largest absolute Gasteiger partial charge is 0.379 e. The number of ether oxygens (including phenoxy) is 1. The molecule has 25 heavy (non-hydrogen) atoms. The molecule has 0 aliphatic carbocycles. The molecule has 1 N–H and O–H groups in total. The van der Waals surface area contributed by atoms with Crippen LogP contribution in [-0.4, -0.2) is 58.6 Å². The first-order chi connectivity index (χ1) is 12.3. The number of rotatable bonds is 4. The lowest BCUT2D eigenvalue weighted by atomic mass is 10.2. The maximum Gasteiger partial charge on any atom is 0.239 e. The standard InChI is InChI=1S/C17H17N5O2S/c23-17(10-22-3-5-24-6-4-22)21-16-7-14-12(8-19-16)1-2-13(20-14)15-9-18-11-25-15/h1-2,7-9,11H,3-6,10H2,(H,19,21,23). The van der Waals surface area contributed by atoms with Crippen LogP contribution in [0.2, 0.25) is 0 Å². The predicted octanol–water partition coefficient (Wildman–Crippen LogP) is 2.02. The summed E-state index contributed by atoms with van der Waals surface area (Å²) >= 11 is 1.54. The fraction of sp³-hybridized carbons (Fsp3) is 0.294. The van der Waals surface area contributed by atoms with E-state index < -0.39 is 0 Å². The molecule has 0 radical (unpaired) electrons. The highest BCUT2D eigenvalue weighted by Crippen LogP contribution is 2.24. The summed E-state index contributed by atoms with van der Waals surface area (Å²) in [5, 5.41) is 3.78. The molecule has 3 aromatic heterocycles. The van der Waals surface area contributed by atoms with Crippen LogP contribution in [0.1, 0.15) is 0 Å². The van der Waals surface area contributed by atoms with Gasteiger partial charge in [0.1, 0.15) is 5.82 Å². The molecule has 1 amide bonds. The van der Waals surface area contributed by atoms with Crippen molar-refractivity contribution in [3.05, 3.63) is 36.1 Å². The van der Waals surface area contributed by atoms with Crippen LogP contribution >= 0.6 is 11.3 Å². The van der Waals surface area contributed by atoms with Crippen molar-refractivity contribution in [3.8, 4) is 10.6 Å². The number of nitrogens with one attached hydrogen (secondary N) is 1. The average molecular weight is 355 g/mol. The van der Waals surface area contributed by atoms with Crippen molar-refractivity contribution in [2.75, 3.05) is 38.2 Å². The number of nitrogens with zero attached hydrogens (tertiary/aromatic N) is 4. The molecule has 0 aromatic carbocycles. The number of aromatic nitrogens is 3. The number of thiazole rings is 1. The van der Waals surface area contributed by atoms with Crippen molar-refractivity contribution in [1.29, 1.82) is 0 Å². The molecule has 1 aliphatic heterocycles. The number of anilines is 1. The number of hydrogen-bond acceptors (Lipinski definition) is 7. The first kappa shape index (κ1) is 16.1. The summed E-state index contributed by atoms with van der Waals surface area (Å²) in [5.41, 5.74) is 3.44. The molecule has 0 spiro atoms. The maximum atomic E-state index is 12.2. The average Bonchev–Trinajstić information content (AvgIpc) is 3.16. The Bertz CT molecular complexity index is 878. The first-order valence-electron chi connectivity index (χ1n) is 8.03. The van der Waals surface area contributed by atoms with E-state index in [1.165, 1.54) is 0 Å². The summed E-state index contributed by atoms with van der Waals surface area (Å²) in [6.45, 7) is 3.24. The summed E-state index contributed by atoms with van der Waals surface area (Å²) in [6.07, 6.45) is 3.52. The summed E-state index contributed by atoms with van der Waals surface area (Å²) in [5.74, 6) is 0.437. The Morgan fingerprint density at radius 3 is 2.96 bits per heavy atom. The zero-order valence-electron chi connectivity index (χ0n) is 13.5. The van der Waals surface area contributed by atoms with Gasteiger partial charge in [0, 0.05) is 36.9 Å². The van der Waals surface area contributed by atoms with Crippen LogP contribution < -0.4 is 5.32 Å². The Morgan fingerprint density at radius 2 is 2.16 bits per heavy atom. The number of fused-ring (bicyclic) bond motifs is 1. The second-order valence-corrected chi connectivity index (χ2v) is 6.65. The fourth-order valence-electron chi connectivity index (χ4n) is 2.71. The lowest BCUT2D eigenvalue weighted by Gasteiger charge is -2.25. The van der Waals surface area contributed by atoms with E-state index >= 15 is 0 Å². The Kier molecular flexibility index (Phi) is 4.64. The molecule has 8 heteroatoms. The molecule has 0 atom stereocenters. The molecule has 0 saturated carbocycles. The van der Waals surface area contributed by atoms with Crippen LogP contribution in [0.5, 0.6) is 0 Å². The van der Waals surface area contributed by atoms with Gasteiger partial charge in [0.15, 0.2) is 0 Å². The molecular weight excluding hydrogens is 338 g/mol. The van der Waals surface area contributed by atoms with E-state index in [-0.39, 0.29) is 5.91 Å². The molecule has 1 saturated heterocycles. The zero-order valence-corrected chi connectivity index (χ0v) is 14.3. The molecule has 1 fully saturated rings. The summed E-state index contributed by atoms with van der Waals surface area (Å²) < 4.78 is 5.29. The number of carbonyl (C=O) groups excluding carboxylic acids is 1. The van der Waals surface area contributed by atoms with Crippen LogP contribution in [0.25, 0.3) is 21.5 Å². The predicted molar refractivity (Wildman–Crippen MR) is 96.5 cm³/mol. The highest BCUT2D eigenvalue weighted by atomic mass is 32.1. The van der Waals surface area contributed by atoms with Crippen molar-refractivity contribution in [1.82, 2.24) is 19.9 Å². The molecule has 7 nitrogen and oxygen atoms in total. The van der Waals surface area contributed by atoms with Gasteiger partial charge in [0.05, 0.1) is 41.4 Å². The molecule has 3 aromatic rings. The van der Waals surface area contributed by atoms with E-state index in [1.54, 1.807) is 35.3 Å². The molecule has 4 heterocycles. The van der Waals surface area contributed by atoms with E-state index in [2.05, 4.69) is 25.2 Å². The van der Waals surface area contributed by atoms with Crippen molar-refractivity contribution in [2.24, 2.45) is 0 Å². The van der Waals surface area contributed by atoms with Crippen LogP contribution in [-0.2, 0) is 9.53 Å². The van der Waals surface area contributed by atoms with E-state index in [9.17, 15) is 4.79 Å². The number of pyridine rings is 2. The Balaban J connectivity index is 1.50. The van der Waals surface area contributed by atoms with E-state index in [1.807, 2.05) is 12.1 Å². The first-order valence-corrected chi connectivity index (χ1v) is 8.91. The summed E-state index contributed by atoms with van der Waals surface area (Å²) in [6, 6.07) is 5.73. The molecule has 4 rings (SSSR count). The Labute approximate surface area is 148 Å². The van der Waals surface area contributed by atoms with Gasteiger partial charge in [-0.2, -0.15) is 0 Å². The van der Waals surface area contributed by atoms with Gasteiger partial charge in [-0.05, 0) is 12.1 Å². The van der Waals surface area contributed by atoms with Crippen LogP contribution in [0.15, 0.2) is 36.1 Å². The minimum Gasteiger partial charge on any atom is -0.379 e. The van der Waals surface area contributed by atoms with Gasteiger partial charge >= 0.3 is 0 Å². The van der Waals surface area contributed by atoms with Gasteiger partial charge in [-0.3, -0.25) is 14.7 Å². The van der Waals surface area contributed by atoms with E-state index in [4.69, 9.17) is 4.74 Å². The fourth-order valence-corrected chi connectivity index (χ4v) is 3.30. The van der Waals surface area contributed by atoms with Crippen molar-refractivity contribution in [2.45, 2.75) is 0 Å². The SMILES string of the molecule is O=C(CN1CCOCC1)Nc1cc2nc(-c3cncs3)ccc2cn1. The number of carbonyl (C=O) groups is 1. The van der Waals surface area contributed by atoms with Gasteiger partial charge in [0.25, 0.3) is 0 Å². The highest BCUT2D eigenvalue weighted by Gasteiger charge is 2.14. The quantitative estimate of drug-likeness (QED) is 0.771. The van der Waals surface area contributed by atoms with Gasteiger partial charge in [-0.15, -0.1) is 11.3 Å². The monoisotopic (exact) mass is 355 g/mol. The molecule has 0 unspecified atom stereocenters. The highest BCUT2D eigenvalue weighted by molar-refractivity contribution is 7.13. The molecule has 0 bridgehead atoms. The van der Waals surface area contributed by atoms with E-state index in [0.29, 0.717) is 25.6 Å². The lowest BCUT2D eigenvalue weighted by molar-refractivity contribution is -0.118. The van der Waals surface area contributed by atoms with Crippen molar-refractivity contribution < 1.29 is 9.53 Å². The second kappa shape index (κ2) is 7.22.